The molecule has 27 heavy (non-hydrogen) atoms. The molecule has 0 aliphatic carbocycles. The van der Waals surface area contributed by atoms with E-state index in [2.05, 4.69) is 22.3 Å². The molecule has 0 bridgehead atoms. The summed E-state index contributed by atoms with van der Waals surface area (Å²) in [6.45, 7) is 4.91. The van der Waals surface area contributed by atoms with Crippen LogP contribution in [-0.2, 0) is 0 Å². The summed E-state index contributed by atoms with van der Waals surface area (Å²) in [6.07, 6.45) is 2.45. The fraction of sp³-hybridized carbons (Fsp3) is 0.409. The molecule has 0 spiro atoms. The van der Waals surface area contributed by atoms with Crippen LogP contribution >= 0.6 is 0 Å². The van der Waals surface area contributed by atoms with Gasteiger partial charge < -0.3 is 19.7 Å². The normalized spacial score (nSPS) is 15.4. The molecule has 1 fully saturated rings. The minimum atomic E-state index is -0.125. The zero-order chi connectivity index (χ0) is 19.2. The molecular formula is C22H28N2O3. The Morgan fingerprint density at radius 2 is 1.67 bits per heavy atom. The van der Waals surface area contributed by atoms with Gasteiger partial charge in [-0.2, -0.15) is 0 Å². The van der Waals surface area contributed by atoms with Gasteiger partial charge in [0.15, 0.2) is 0 Å². The predicted octanol–water partition coefficient (Wildman–Crippen LogP) is 3.58. The van der Waals surface area contributed by atoms with Crippen LogP contribution in [0.25, 0.3) is 0 Å². The third-order valence-electron chi connectivity index (χ3n) is 5.16. The van der Waals surface area contributed by atoms with Crippen LogP contribution < -0.4 is 14.8 Å². The minimum Gasteiger partial charge on any atom is -0.496 e. The zero-order valence-electron chi connectivity index (χ0n) is 16.3. The number of hydrogen-bond donors (Lipinski definition) is 1. The molecule has 1 N–H and O–H groups in total. The second-order valence-corrected chi connectivity index (χ2v) is 6.95. The fourth-order valence-electron chi connectivity index (χ4n) is 3.60. The number of nitrogens with zero attached hydrogens (tertiary/aromatic N) is 1. The molecular weight excluding hydrogens is 340 g/mol. The fourth-order valence-corrected chi connectivity index (χ4v) is 3.60. The van der Waals surface area contributed by atoms with Crippen molar-refractivity contribution in [1.82, 2.24) is 10.2 Å². The van der Waals surface area contributed by atoms with Gasteiger partial charge in [-0.15, -0.1) is 0 Å². The van der Waals surface area contributed by atoms with Gasteiger partial charge in [-0.25, -0.2) is 0 Å². The first kappa shape index (κ1) is 19.2. The van der Waals surface area contributed by atoms with Gasteiger partial charge in [0.25, 0.3) is 5.91 Å². The van der Waals surface area contributed by atoms with Crippen LogP contribution in [0.15, 0.2) is 42.5 Å². The van der Waals surface area contributed by atoms with Gasteiger partial charge in [0.05, 0.1) is 20.3 Å². The molecule has 0 aromatic heterocycles. The zero-order valence-corrected chi connectivity index (χ0v) is 16.3. The van der Waals surface area contributed by atoms with Gasteiger partial charge in [0.2, 0.25) is 0 Å². The quantitative estimate of drug-likeness (QED) is 0.812. The molecule has 1 amide bonds. The molecule has 2 aromatic carbocycles. The lowest BCUT2D eigenvalue weighted by Crippen LogP contribution is -2.37. The summed E-state index contributed by atoms with van der Waals surface area (Å²) in [5.41, 5.74) is 2.54. The van der Waals surface area contributed by atoms with E-state index in [4.69, 9.17) is 9.47 Å². The molecule has 2 aromatic rings. The van der Waals surface area contributed by atoms with Crippen molar-refractivity contribution in [2.24, 2.45) is 0 Å². The average Bonchev–Trinajstić information content (AvgIpc) is 3.21. The maximum absolute atomic E-state index is 13.0. The molecule has 1 aliphatic heterocycles. The van der Waals surface area contributed by atoms with E-state index < -0.39 is 0 Å². The number of amides is 1. The molecule has 1 heterocycles. The first-order valence-electron chi connectivity index (χ1n) is 9.43. The summed E-state index contributed by atoms with van der Waals surface area (Å²) in [4.78, 5) is 15.4. The van der Waals surface area contributed by atoms with Gasteiger partial charge in [-0.3, -0.25) is 4.79 Å². The number of hydrogen-bond acceptors (Lipinski definition) is 4. The van der Waals surface area contributed by atoms with Crippen LogP contribution in [0, 0.1) is 6.92 Å². The van der Waals surface area contributed by atoms with Crippen molar-refractivity contribution in [2.45, 2.75) is 25.8 Å². The number of nitrogens with one attached hydrogen (secondary N) is 1. The molecule has 1 atom stereocenters. The van der Waals surface area contributed by atoms with Crippen molar-refractivity contribution in [3.63, 3.8) is 0 Å². The maximum Gasteiger partial charge on any atom is 0.252 e. The highest BCUT2D eigenvalue weighted by molar-refractivity contribution is 5.95. The Morgan fingerprint density at radius 1 is 1.07 bits per heavy atom. The van der Waals surface area contributed by atoms with E-state index in [-0.39, 0.29) is 11.9 Å². The SMILES string of the molecule is COc1cc(C(=O)NC(CN2CCCC2)c2ccccc2)cc(OC)c1C. The van der Waals surface area contributed by atoms with E-state index in [1.807, 2.05) is 25.1 Å². The van der Waals surface area contributed by atoms with Crippen LogP contribution in [0.1, 0.15) is 40.4 Å². The van der Waals surface area contributed by atoms with E-state index in [0.717, 1.165) is 30.8 Å². The first-order valence-corrected chi connectivity index (χ1v) is 9.43. The number of carbonyl (C=O) groups excluding carboxylic acids is 1. The lowest BCUT2D eigenvalue weighted by atomic mass is 10.0. The van der Waals surface area contributed by atoms with E-state index in [1.165, 1.54) is 12.8 Å². The van der Waals surface area contributed by atoms with Gasteiger partial charge in [-0.1, -0.05) is 30.3 Å². The van der Waals surface area contributed by atoms with E-state index >= 15 is 0 Å². The van der Waals surface area contributed by atoms with Crippen molar-refractivity contribution in [3.05, 3.63) is 59.2 Å². The molecule has 5 heteroatoms. The second kappa shape index (κ2) is 8.91. The summed E-state index contributed by atoms with van der Waals surface area (Å²) in [5.74, 6) is 1.17. The van der Waals surface area contributed by atoms with Crippen molar-refractivity contribution in [2.75, 3.05) is 33.9 Å². The Morgan fingerprint density at radius 3 is 2.22 bits per heavy atom. The second-order valence-electron chi connectivity index (χ2n) is 6.95. The maximum atomic E-state index is 13.0. The van der Waals surface area contributed by atoms with Crippen molar-refractivity contribution >= 4 is 5.91 Å². The number of rotatable bonds is 7. The predicted molar refractivity (Wildman–Crippen MR) is 107 cm³/mol. The van der Waals surface area contributed by atoms with Crippen molar-refractivity contribution in [1.29, 1.82) is 0 Å². The molecule has 5 nitrogen and oxygen atoms in total. The largest absolute Gasteiger partial charge is 0.496 e. The van der Waals surface area contributed by atoms with Gasteiger partial charge >= 0.3 is 0 Å². The number of likely N-dealkylation sites (tertiary alicyclic amines) is 1. The Labute approximate surface area is 161 Å². The molecule has 144 valence electrons. The smallest absolute Gasteiger partial charge is 0.252 e. The molecule has 0 radical (unpaired) electrons. The monoisotopic (exact) mass is 368 g/mol. The van der Waals surface area contributed by atoms with Crippen LogP contribution in [0.5, 0.6) is 11.5 Å². The molecule has 3 rings (SSSR count). The Kier molecular flexibility index (Phi) is 6.35. The minimum absolute atomic E-state index is 0.0601. The lowest BCUT2D eigenvalue weighted by Gasteiger charge is -2.25. The number of ether oxygens (including phenoxy) is 2. The van der Waals surface area contributed by atoms with Gasteiger partial charge in [0, 0.05) is 17.7 Å². The summed E-state index contributed by atoms with van der Waals surface area (Å²) in [6, 6.07) is 13.6. The topological polar surface area (TPSA) is 50.8 Å². The van der Waals surface area contributed by atoms with E-state index in [1.54, 1.807) is 26.4 Å². The van der Waals surface area contributed by atoms with Crippen LogP contribution in [-0.4, -0.2) is 44.7 Å². The third kappa shape index (κ3) is 4.61. The highest BCUT2D eigenvalue weighted by Gasteiger charge is 2.22. The molecule has 1 unspecified atom stereocenters. The van der Waals surface area contributed by atoms with Crippen LogP contribution in [0.2, 0.25) is 0 Å². The van der Waals surface area contributed by atoms with Crippen LogP contribution in [0.3, 0.4) is 0 Å². The number of carbonyl (C=O) groups is 1. The highest BCUT2D eigenvalue weighted by atomic mass is 16.5. The Bertz CT molecular complexity index is 745. The number of benzene rings is 2. The van der Waals surface area contributed by atoms with Crippen molar-refractivity contribution < 1.29 is 14.3 Å². The Balaban J connectivity index is 1.83. The highest BCUT2D eigenvalue weighted by Crippen LogP contribution is 2.30. The molecule has 1 saturated heterocycles. The summed E-state index contributed by atoms with van der Waals surface area (Å²) >= 11 is 0. The van der Waals surface area contributed by atoms with E-state index in [9.17, 15) is 4.79 Å². The standard InChI is InChI=1S/C22H28N2O3/c1-16-20(26-2)13-18(14-21(16)27-3)22(25)23-19(15-24-11-7-8-12-24)17-9-5-4-6-10-17/h4-6,9-10,13-14,19H,7-8,11-12,15H2,1-3H3,(H,23,25). The Hall–Kier alpha value is -2.53. The summed E-state index contributed by atoms with van der Waals surface area (Å²) < 4.78 is 10.8. The third-order valence-corrected chi connectivity index (χ3v) is 5.16. The molecule has 1 aliphatic rings. The summed E-state index contributed by atoms with van der Waals surface area (Å²) in [5, 5.41) is 3.21. The van der Waals surface area contributed by atoms with Gasteiger partial charge in [-0.05, 0) is 50.6 Å². The molecule has 0 saturated carbocycles. The van der Waals surface area contributed by atoms with Gasteiger partial charge in [0.1, 0.15) is 11.5 Å². The lowest BCUT2D eigenvalue weighted by molar-refractivity contribution is 0.0926. The number of methoxy groups -OCH3 is 2. The van der Waals surface area contributed by atoms with E-state index in [0.29, 0.717) is 17.1 Å². The van der Waals surface area contributed by atoms with Crippen LogP contribution in [0.4, 0.5) is 0 Å². The first-order chi connectivity index (χ1) is 13.1. The summed E-state index contributed by atoms with van der Waals surface area (Å²) in [7, 11) is 3.20. The van der Waals surface area contributed by atoms with Crippen molar-refractivity contribution in [3.8, 4) is 11.5 Å². The average molecular weight is 368 g/mol.